The zero-order valence-electron chi connectivity index (χ0n) is 12.8. The van der Waals surface area contributed by atoms with Crippen LogP contribution in [0.5, 0.6) is 6.01 Å². The smallest absolute Gasteiger partial charge is 0.320 e. The van der Waals surface area contributed by atoms with Crippen LogP contribution in [-0.4, -0.2) is 39.8 Å². The molecule has 4 N–H and O–H groups in total. The number of nitrogen functional groups attached to an aromatic ring is 2. The van der Waals surface area contributed by atoms with Crippen molar-refractivity contribution in [2.24, 2.45) is 0 Å². The molecule has 0 amide bonds. The van der Waals surface area contributed by atoms with E-state index in [-0.39, 0.29) is 11.8 Å². The van der Waals surface area contributed by atoms with E-state index in [4.69, 9.17) is 20.9 Å². The molecule has 0 spiro atoms. The first-order valence-electron chi connectivity index (χ1n) is 7.14. The first-order chi connectivity index (χ1) is 11.2. The van der Waals surface area contributed by atoms with Crippen LogP contribution in [0.3, 0.4) is 0 Å². The molecule has 3 aromatic rings. The van der Waals surface area contributed by atoms with Crippen molar-refractivity contribution in [3.05, 3.63) is 35.9 Å². The van der Waals surface area contributed by atoms with Crippen molar-refractivity contribution in [2.75, 3.05) is 31.8 Å². The lowest BCUT2D eigenvalue weighted by atomic mass is 10.2. The van der Waals surface area contributed by atoms with E-state index in [1.54, 1.807) is 11.7 Å². The molecule has 0 atom stereocenters. The maximum Gasteiger partial charge on any atom is 0.320 e. The maximum atomic E-state index is 6.01. The van der Waals surface area contributed by atoms with Crippen molar-refractivity contribution in [1.82, 2.24) is 19.5 Å². The number of anilines is 2. The van der Waals surface area contributed by atoms with Gasteiger partial charge in [0.15, 0.2) is 17.0 Å². The summed E-state index contributed by atoms with van der Waals surface area (Å²) in [6, 6.07) is 10.1. The second kappa shape index (κ2) is 6.49. The Morgan fingerprint density at radius 2 is 1.83 bits per heavy atom. The number of hydrogen-bond acceptors (Lipinski definition) is 7. The van der Waals surface area contributed by atoms with E-state index in [0.29, 0.717) is 36.9 Å². The van der Waals surface area contributed by atoms with Crippen LogP contribution >= 0.6 is 0 Å². The van der Waals surface area contributed by atoms with Crippen molar-refractivity contribution in [2.45, 2.75) is 6.54 Å². The second-order valence-corrected chi connectivity index (χ2v) is 4.95. The standard InChI is InChI=1S/C15H18N6O2/c1-22-7-8-23-15-19-12(16)11-13(20-15)21(14(17)18-11)9-10-5-3-2-4-6-10/h2-6H,7-9H2,1H3,(H2,17,18)(H2,16,19,20). The molecule has 120 valence electrons. The van der Waals surface area contributed by atoms with Gasteiger partial charge < -0.3 is 20.9 Å². The molecule has 2 aromatic heterocycles. The van der Waals surface area contributed by atoms with Crippen molar-refractivity contribution in [3.63, 3.8) is 0 Å². The third-order valence-electron chi connectivity index (χ3n) is 3.33. The van der Waals surface area contributed by atoms with Crippen molar-refractivity contribution in [3.8, 4) is 6.01 Å². The predicted octanol–water partition coefficient (Wildman–Crippen LogP) is 1.06. The first-order valence-corrected chi connectivity index (χ1v) is 7.14. The highest BCUT2D eigenvalue weighted by atomic mass is 16.5. The van der Waals surface area contributed by atoms with Crippen LogP contribution in [0.15, 0.2) is 30.3 Å². The summed E-state index contributed by atoms with van der Waals surface area (Å²) in [5, 5.41) is 0. The van der Waals surface area contributed by atoms with E-state index in [0.717, 1.165) is 5.56 Å². The molecule has 8 nitrogen and oxygen atoms in total. The Morgan fingerprint density at radius 3 is 2.57 bits per heavy atom. The Hall–Kier alpha value is -2.87. The van der Waals surface area contributed by atoms with Crippen molar-refractivity contribution >= 4 is 22.9 Å². The average Bonchev–Trinajstić information content (AvgIpc) is 2.86. The molecule has 0 aliphatic rings. The Balaban J connectivity index is 1.98. The maximum absolute atomic E-state index is 6.01. The van der Waals surface area contributed by atoms with Crippen molar-refractivity contribution < 1.29 is 9.47 Å². The Morgan fingerprint density at radius 1 is 1.04 bits per heavy atom. The molecule has 0 saturated carbocycles. The number of aromatic nitrogens is 4. The third-order valence-corrected chi connectivity index (χ3v) is 3.33. The Kier molecular flexibility index (Phi) is 4.24. The highest BCUT2D eigenvalue weighted by Crippen LogP contribution is 2.23. The molecular formula is C15H18N6O2. The molecule has 0 aliphatic heterocycles. The third kappa shape index (κ3) is 3.16. The second-order valence-electron chi connectivity index (χ2n) is 4.95. The monoisotopic (exact) mass is 314 g/mol. The molecule has 8 heteroatoms. The zero-order valence-corrected chi connectivity index (χ0v) is 12.8. The van der Waals surface area contributed by atoms with Gasteiger partial charge >= 0.3 is 6.01 Å². The number of nitrogens with zero attached hydrogens (tertiary/aromatic N) is 4. The van der Waals surface area contributed by atoms with Crippen molar-refractivity contribution in [1.29, 1.82) is 0 Å². The number of imidazole rings is 1. The normalized spacial score (nSPS) is 11.0. The van der Waals surface area contributed by atoms with Crippen LogP contribution in [-0.2, 0) is 11.3 Å². The van der Waals surface area contributed by atoms with Gasteiger partial charge in [0.05, 0.1) is 13.2 Å². The number of hydrogen-bond donors (Lipinski definition) is 2. The summed E-state index contributed by atoms with van der Waals surface area (Å²) in [6.07, 6.45) is 0. The molecule has 0 saturated heterocycles. The summed E-state index contributed by atoms with van der Waals surface area (Å²) in [7, 11) is 1.59. The molecular weight excluding hydrogens is 296 g/mol. The van der Waals surface area contributed by atoms with E-state index < -0.39 is 0 Å². The van der Waals surface area contributed by atoms with Gasteiger partial charge in [-0.05, 0) is 5.56 Å². The van der Waals surface area contributed by atoms with Crippen LogP contribution in [0.4, 0.5) is 11.8 Å². The van der Waals surface area contributed by atoms with Crippen LogP contribution in [0.1, 0.15) is 5.56 Å². The minimum Gasteiger partial charge on any atom is -0.461 e. The lowest BCUT2D eigenvalue weighted by Gasteiger charge is -2.08. The van der Waals surface area contributed by atoms with Gasteiger partial charge in [0.25, 0.3) is 0 Å². The lowest BCUT2D eigenvalue weighted by molar-refractivity contribution is 0.141. The van der Waals surface area contributed by atoms with E-state index >= 15 is 0 Å². The minimum absolute atomic E-state index is 0.182. The topological polar surface area (TPSA) is 114 Å². The van der Waals surface area contributed by atoms with Gasteiger partial charge in [0, 0.05) is 7.11 Å². The fraction of sp³-hybridized carbons (Fsp3) is 0.267. The molecule has 0 aliphatic carbocycles. The highest BCUT2D eigenvalue weighted by molar-refractivity contribution is 5.84. The van der Waals surface area contributed by atoms with E-state index in [9.17, 15) is 0 Å². The molecule has 0 fully saturated rings. The Labute approximate surface area is 133 Å². The summed E-state index contributed by atoms with van der Waals surface area (Å²) in [4.78, 5) is 12.7. The minimum atomic E-state index is 0.182. The number of methoxy groups -OCH3 is 1. The number of ether oxygens (including phenoxy) is 2. The Bertz CT molecular complexity index is 803. The van der Waals surface area contributed by atoms with Crippen LogP contribution in [0.2, 0.25) is 0 Å². The van der Waals surface area contributed by atoms with Crippen LogP contribution in [0, 0.1) is 0 Å². The zero-order chi connectivity index (χ0) is 16.2. The molecule has 0 unspecified atom stereocenters. The van der Waals surface area contributed by atoms with Crippen LogP contribution < -0.4 is 16.2 Å². The summed E-state index contributed by atoms with van der Waals surface area (Å²) >= 11 is 0. The van der Waals surface area contributed by atoms with E-state index in [1.807, 2.05) is 30.3 Å². The molecule has 2 heterocycles. The highest BCUT2D eigenvalue weighted by Gasteiger charge is 2.16. The molecule has 1 aromatic carbocycles. The quantitative estimate of drug-likeness (QED) is 0.654. The number of rotatable bonds is 6. The predicted molar refractivity (Wildman–Crippen MR) is 87.1 cm³/mol. The van der Waals surface area contributed by atoms with Gasteiger partial charge in [-0.1, -0.05) is 30.3 Å². The van der Waals surface area contributed by atoms with Gasteiger partial charge in [-0.3, -0.25) is 4.57 Å². The largest absolute Gasteiger partial charge is 0.461 e. The fourth-order valence-electron chi connectivity index (χ4n) is 2.22. The van der Waals surface area contributed by atoms with Gasteiger partial charge in [-0.25, -0.2) is 4.98 Å². The van der Waals surface area contributed by atoms with Gasteiger partial charge in [-0.15, -0.1) is 0 Å². The number of fused-ring (bicyclic) bond motifs is 1. The number of nitrogens with two attached hydrogens (primary N) is 2. The van der Waals surface area contributed by atoms with Gasteiger partial charge in [0.2, 0.25) is 5.95 Å². The lowest BCUT2D eigenvalue weighted by Crippen LogP contribution is -2.09. The summed E-state index contributed by atoms with van der Waals surface area (Å²) in [5.41, 5.74) is 14.1. The average molecular weight is 314 g/mol. The molecule has 0 bridgehead atoms. The SMILES string of the molecule is COCCOc1nc(N)c2nc(N)n(Cc3ccccc3)c2n1. The molecule has 23 heavy (non-hydrogen) atoms. The molecule has 3 rings (SSSR count). The van der Waals surface area contributed by atoms with Gasteiger partial charge in [-0.2, -0.15) is 9.97 Å². The van der Waals surface area contributed by atoms with Crippen LogP contribution in [0.25, 0.3) is 11.2 Å². The van der Waals surface area contributed by atoms with E-state index in [2.05, 4.69) is 15.0 Å². The van der Waals surface area contributed by atoms with Gasteiger partial charge in [0.1, 0.15) is 6.61 Å². The molecule has 0 radical (unpaired) electrons. The summed E-state index contributed by atoms with van der Waals surface area (Å²) < 4.78 is 12.2. The first kappa shape index (κ1) is 15.0. The van der Waals surface area contributed by atoms with E-state index in [1.165, 1.54) is 0 Å². The fourth-order valence-corrected chi connectivity index (χ4v) is 2.22. The summed E-state index contributed by atoms with van der Waals surface area (Å²) in [5.74, 6) is 0.569. The summed E-state index contributed by atoms with van der Waals surface area (Å²) in [6.45, 7) is 1.31. The number of benzene rings is 1.